The van der Waals surface area contributed by atoms with E-state index in [1.54, 1.807) is 0 Å². The molecule has 0 aromatic heterocycles. The lowest BCUT2D eigenvalue weighted by Gasteiger charge is -2.21. The molecule has 2 heterocycles. The van der Waals surface area contributed by atoms with Crippen LogP contribution in [0.4, 0.5) is 0 Å². The standard InChI is InChI=1S/C10H16N2O3/c13-9-3-5-15-7-10(14)12(9)6-8-2-1-4-11-8/h8,11H,1-7H2. The van der Waals surface area contributed by atoms with Gasteiger partial charge in [-0.05, 0) is 19.4 Å². The summed E-state index contributed by atoms with van der Waals surface area (Å²) in [5, 5.41) is 3.28. The summed E-state index contributed by atoms with van der Waals surface area (Å²) < 4.78 is 5.04. The summed E-state index contributed by atoms with van der Waals surface area (Å²) in [4.78, 5) is 24.5. The Kier molecular flexibility index (Phi) is 3.33. The number of amides is 2. The van der Waals surface area contributed by atoms with Crippen LogP contribution in [0.15, 0.2) is 0 Å². The Morgan fingerprint density at radius 3 is 3.00 bits per heavy atom. The molecule has 0 radical (unpaired) electrons. The van der Waals surface area contributed by atoms with Crippen LogP contribution in [0.1, 0.15) is 19.3 Å². The lowest BCUT2D eigenvalue weighted by atomic mass is 10.2. The number of ether oxygens (including phenoxy) is 1. The van der Waals surface area contributed by atoms with E-state index in [2.05, 4.69) is 5.32 Å². The van der Waals surface area contributed by atoms with E-state index in [4.69, 9.17) is 4.74 Å². The number of rotatable bonds is 2. The summed E-state index contributed by atoms with van der Waals surface area (Å²) in [5.41, 5.74) is 0. The summed E-state index contributed by atoms with van der Waals surface area (Å²) in [6, 6.07) is 0.274. The number of nitrogens with zero attached hydrogens (tertiary/aromatic N) is 1. The van der Waals surface area contributed by atoms with Crippen LogP contribution >= 0.6 is 0 Å². The Morgan fingerprint density at radius 1 is 1.40 bits per heavy atom. The molecule has 2 aliphatic rings. The van der Waals surface area contributed by atoms with E-state index in [-0.39, 0.29) is 24.5 Å². The number of imide groups is 1. The quantitative estimate of drug-likeness (QED) is 0.628. The molecule has 5 nitrogen and oxygen atoms in total. The monoisotopic (exact) mass is 212 g/mol. The molecule has 5 heteroatoms. The van der Waals surface area contributed by atoms with Gasteiger partial charge in [0.1, 0.15) is 6.61 Å². The highest BCUT2D eigenvalue weighted by Gasteiger charge is 2.28. The van der Waals surface area contributed by atoms with Crippen LogP contribution in [0.3, 0.4) is 0 Å². The van der Waals surface area contributed by atoms with Crippen LogP contribution in [-0.2, 0) is 14.3 Å². The zero-order valence-electron chi connectivity index (χ0n) is 8.70. The highest BCUT2D eigenvalue weighted by atomic mass is 16.5. The second-order valence-corrected chi connectivity index (χ2v) is 3.99. The van der Waals surface area contributed by atoms with Crippen LogP contribution in [0, 0.1) is 0 Å². The molecule has 0 aromatic rings. The van der Waals surface area contributed by atoms with Crippen LogP contribution in [0.25, 0.3) is 0 Å². The van der Waals surface area contributed by atoms with Gasteiger partial charge in [-0.1, -0.05) is 0 Å². The van der Waals surface area contributed by atoms with Crippen molar-refractivity contribution >= 4 is 11.8 Å². The summed E-state index contributed by atoms with van der Waals surface area (Å²) in [6.45, 7) is 1.88. The Bertz CT molecular complexity index is 243. The zero-order valence-corrected chi connectivity index (χ0v) is 8.70. The average Bonchev–Trinajstić information content (AvgIpc) is 2.67. The first kappa shape index (κ1) is 10.6. The minimum atomic E-state index is -0.203. The predicted molar refractivity (Wildman–Crippen MR) is 53.2 cm³/mol. The van der Waals surface area contributed by atoms with Crippen LogP contribution in [-0.4, -0.2) is 49.1 Å². The van der Waals surface area contributed by atoms with E-state index in [1.165, 1.54) is 4.90 Å². The molecule has 2 amide bonds. The Balaban J connectivity index is 1.96. The highest BCUT2D eigenvalue weighted by Crippen LogP contribution is 2.10. The van der Waals surface area contributed by atoms with Gasteiger partial charge in [-0.25, -0.2) is 0 Å². The fourth-order valence-electron chi connectivity index (χ4n) is 2.01. The molecular formula is C10H16N2O3. The van der Waals surface area contributed by atoms with Crippen LogP contribution in [0.2, 0.25) is 0 Å². The molecule has 1 unspecified atom stereocenters. The molecule has 0 spiro atoms. The molecule has 2 aliphatic heterocycles. The van der Waals surface area contributed by atoms with Crippen molar-refractivity contribution in [1.29, 1.82) is 0 Å². The maximum Gasteiger partial charge on any atom is 0.255 e. The summed E-state index contributed by atoms with van der Waals surface area (Å²) in [6.07, 6.45) is 2.48. The molecule has 1 N–H and O–H groups in total. The molecule has 0 aliphatic carbocycles. The second kappa shape index (κ2) is 4.72. The molecular weight excluding hydrogens is 196 g/mol. The van der Waals surface area contributed by atoms with Gasteiger partial charge in [0.2, 0.25) is 5.91 Å². The van der Waals surface area contributed by atoms with E-state index in [9.17, 15) is 9.59 Å². The first-order valence-corrected chi connectivity index (χ1v) is 5.41. The normalized spacial score (nSPS) is 28.3. The van der Waals surface area contributed by atoms with Crippen molar-refractivity contribution in [3.05, 3.63) is 0 Å². The van der Waals surface area contributed by atoms with Gasteiger partial charge in [0.25, 0.3) is 5.91 Å². The number of carbonyl (C=O) groups excluding carboxylic acids is 2. The molecule has 0 aromatic carbocycles. The van der Waals surface area contributed by atoms with E-state index in [0.717, 1.165) is 19.4 Å². The molecule has 84 valence electrons. The lowest BCUT2D eigenvalue weighted by molar-refractivity contribution is -0.144. The number of carbonyl (C=O) groups is 2. The first-order chi connectivity index (χ1) is 7.27. The molecule has 2 fully saturated rings. The summed E-state index contributed by atoms with van der Waals surface area (Å²) in [5.74, 6) is -0.308. The van der Waals surface area contributed by atoms with Crippen molar-refractivity contribution in [3.8, 4) is 0 Å². The lowest BCUT2D eigenvalue weighted by Crippen LogP contribution is -2.44. The van der Waals surface area contributed by atoms with Gasteiger partial charge in [0, 0.05) is 12.6 Å². The van der Waals surface area contributed by atoms with E-state index in [0.29, 0.717) is 19.6 Å². The topological polar surface area (TPSA) is 58.6 Å². The van der Waals surface area contributed by atoms with Crippen molar-refractivity contribution in [2.45, 2.75) is 25.3 Å². The fourth-order valence-corrected chi connectivity index (χ4v) is 2.01. The number of hydrogen-bond donors (Lipinski definition) is 1. The van der Waals surface area contributed by atoms with Crippen LogP contribution in [0.5, 0.6) is 0 Å². The molecule has 2 saturated heterocycles. The largest absolute Gasteiger partial charge is 0.371 e. The van der Waals surface area contributed by atoms with E-state index >= 15 is 0 Å². The van der Waals surface area contributed by atoms with E-state index < -0.39 is 0 Å². The third kappa shape index (κ3) is 2.54. The third-order valence-electron chi connectivity index (χ3n) is 2.85. The maximum atomic E-state index is 11.6. The Morgan fingerprint density at radius 2 is 2.27 bits per heavy atom. The minimum absolute atomic E-state index is 0.0401. The predicted octanol–water partition coefficient (Wildman–Crippen LogP) is -0.486. The number of hydrogen-bond acceptors (Lipinski definition) is 4. The van der Waals surface area contributed by atoms with Gasteiger partial charge in [-0.2, -0.15) is 0 Å². The third-order valence-corrected chi connectivity index (χ3v) is 2.85. The van der Waals surface area contributed by atoms with Gasteiger partial charge in [-0.15, -0.1) is 0 Å². The molecule has 2 rings (SSSR count). The second-order valence-electron chi connectivity index (χ2n) is 3.99. The molecule has 0 saturated carbocycles. The van der Waals surface area contributed by atoms with Crippen molar-refractivity contribution < 1.29 is 14.3 Å². The van der Waals surface area contributed by atoms with Gasteiger partial charge < -0.3 is 10.1 Å². The van der Waals surface area contributed by atoms with Crippen molar-refractivity contribution in [2.75, 3.05) is 26.3 Å². The Hall–Kier alpha value is -0.940. The SMILES string of the molecule is O=C1CCOCC(=O)N1CC1CCCN1. The maximum absolute atomic E-state index is 11.6. The van der Waals surface area contributed by atoms with Crippen molar-refractivity contribution in [3.63, 3.8) is 0 Å². The van der Waals surface area contributed by atoms with Gasteiger partial charge in [-0.3, -0.25) is 14.5 Å². The van der Waals surface area contributed by atoms with Crippen LogP contribution < -0.4 is 5.32 Å². The zero-order chi connectivity index (χ0) is 10.7. The smallest absolute Gasteiger partial charge is 0.255 e. The molecule has 0 bridgehead atoms. The molecule has 15 heavy (non-hydrogen) atoms. The average molecular weight is 212 g/mol. The highest BCUT2D eigenvalue weighted by molar-refractivity contribution is 5.96. The van der Waals surface area contributed by atoms with Gasteiger partial charge in [0.05, 0.1) is 13.0 Å². The fraction of sp³-hybridized carbons (Fsp3) is 0.800. The summed E-state index contributed by atoms with van der Waals surface area (Å²) in [7, 11) is 0. The van der Waals surface area contributed by atoms with Gasteiger partial charge >= 0.3 is 0 Å². The van der Waals surface area contributed by atoms with Crippen molar-refractivity contribution in [1.82, 2.24) is 10.2 Å². The first-order valence-electron chi connectivity index (χ1n) is 5.41. The molecule has 1 atom stereocenters. The van der Waals surface area contributed by atoms with Crippen molar-refractivity contribution in [2.24, 2.45) is 0 Å². The summed E-state index contributed by atoms with van der Waals surface area (Å²) >= 11 is 0. The van der Waals surface area contributed by atoms with Gasteiger partial charge in [0.15, 0.2) is 0 Å². The number of nitrogens with one attached hydrogen (secondary N) is 1. The minimum Gasteiger partial charge on any atom is -0.371 e. The Labute approximate surface area is 88.8 Å². The van der Waals surface area contributed by atoms with E-state index in [1.807, 2.05) is 0 Å².